The Kier molecular flexibility index (Phi) is 4.39. The summed E-state index contributed by atoms with van der Waals surface area (Å²) in [5.74, 6) is -0.927. The first-order valence-corrected chi connectivity index (χ1v) is 6.85. The lowest BCUT2D eigenvalue weighted by atomic mass is 10.1. The molecule has 0 radical (unpaired) electrons. The van der Waals surface area contributed by atoms with Gasteiger partial charge in [0.15, 0.2) is 0 Å². The molecule has 0 aliphatic rings. The standard InChI is InChI=1S/C15H14BrFN2O/c1-9-6-12(16)3-5-14(9)19-8-11-7-10(15(18)20)2-4-13(11)17/h2-7,19H,8H2,1H3,(H2,18,20). The Hall–Kier alpha value is -1.88. The zero-order valence-electron chi connectivity index (χ0n) is 10.9. The Balaban J connectivity index is 2.18. The highest BCUT2D eigenvalue weighted by atomic mass is 79.9. The molecule has 0 aliphatic carbocycles. The molecule has 0 saturated heterocycles. The summed E-state index contributed by atoms with van der Waals surface area (Å²) in [6.07, 6.45) is 0. The van der Waals surface area contributed by atoms with E-state index in [0.29, 0.717) is 11.1 Å². The van der Waals surface area contributed by atoms with Crippen molar-refractivity contribution in [1.29, 1.82) is 0 Å². The lowest BCUT2D eigenvalue weighted by Crippen LogP contribution is -2.12. The highest BCUT2D eigenvalue weighted by molar-refractivity contribution is 9.10. The topological polar surface area (TPSA) is 55.1 Å². The molecule has 0 spiro atoms. The van der Waals surface area contributed by atoms with Crippen molar-refractivity contribution in [3.05, 3.63) is 63.4 Å². The molecule has 0 atom stereocenters. The Morgan fingerprint density at radius 1 is 1.30 bits per heavy atom. The minimum atomic E-state index is -0.564. The van der Waals surface area contributed by atoms with Gasteiger partial charge in [-0.25, -0.2) is 4.39 Å². The Morgan fingerprint density at radius 2 is 2.05 bits per heavy atom. The number of halogens is 2. The highest BCUT2D eigenvalue weighted by Crippen LogP contribution is 2.21. The van der Waals surface area contributed by atoms with E-state index in [0.717, 1.165) is 15.7 Å². The molecule has 0 aromatic heterocycles. The van der Waals surface area contributed by atoms with Gasteiger partial charge in [-0.3, -0.25) is 4.79 Å². The van der Waals surface area contributed by atoms with Crippen molar-refractivity contribution < 1.29 is 9.18 Å². The van der Waals surface area contributed by atoms with Gasteiger partial charge in [-0.05, 0) is 48.9 Å². The molecule has 0 bridgehead atoms. The summed E-state index contributed by atoms with van der Waals surface area (Å²) in [5, 5.41) is 3.15. The number of nitrogens with one attached hydrogen (secondary N) is 1. The summed E-state index contributed by atoms with van der Waals surface area (Å²) in [7, 11) is 0. The molecule has 20 heavy (non-hydrogen) atoms. The van der Waals surface area contributed by atoms with E-state index in [1.54, 1.807) is 0 Å². The third-order valence-electron chi connectivity index (χ3n) is 2.99. The number of hydrogen-bond donors (Lipinski definition) is 2. The zero-order valence-corrected chi connectivity index (χ0v) is 12.5. The minimum Gasteiger partial charge on any atom is -0.381 e. The van der Waals surface area contributed by atoms with E-state index in [4.69, 9.17) is 5.73 Å². The summed E-state index contributed by atoms with van der Waals surface area (Å²) < 4.78 is 14.7. The lowest BCUT2D eigenvalue weighted by Gasteiger charge is -2.11. The zero-order chi connectivity index (χ0) is 14.7. The van der Waals surface area contributed by atoms with Crippen molar-refractivity contribution in [3.8, 4) is 0 Å². The number of hydrogen-bond acceptors (Lipinski definition) is 2. The maximum atomic E-state index is 13.7. The molecule has 2 aromatic rings. The normalized spacial score (nSPS) is 10.3. The van der Waals surface area contributed by atoms with Gasteiger partial charge in [0.25, 0.3) is 0 Å². The van der Waals surface area contributed by atoms with Crippen LogP contribution >= 0.6 is 15.9 Å². The smallest absolute Gasteiger partial charge is 0.248 e. The first kappa shape index (κ1) is 14.5. The molecule has 1 amide bonds. The van der Waals surface area contributed by atoms with E-state index in [1.807, 2.05) is 25.1 Å². The van der Waals surface area contributed by atoms with Gasteiger partial charge in [-0.1, -0.05) is 15.9 Å². The van der Waals surface area contributed by atoms with Gasteiger partial charge < -0.3 is 11.1 Å². The second-order valence-corrected chi connectivity index (χ2v) is 5.40. The van der Waals surface area contributed by atoms with Gasteiger partial charge in [0, 0.05) is 27.8 Å². The number of benzene rings is 2. The van der Waals surface area contributed by atoms with E-state index in [2.05, 4.69) is 21.2 Å². The number of carbonyl (C=O) groups is 1. The fraction of sp³-hybridized carbons (Fsp3) is 0.133. The SMILES string of the molecule is Cc1cc(Br)ccc1NCc1cc(C(N)=O)ccc1F. The largest absolute Gasteiger partial charge is 0.381 e. The molecule has 0 fully saturated rings. The Labute approximate surface area is 125 Å². The van der Waals surface area contributed by atoms with Crippen LogP contribution in [0.3, 0.4) is 0 Å². The molecule has 0 aliphatic heterocycles. The molecule has 5 heteroatoms. The van der Waals surface area contributed by atoms with Gasteiger partial charge >= 0.3 is 0 Å². The van der Waals surface area contributed by atoms with Crippen LogP contribution in [0.4, 0.5) is 10.1 Å². The summed E-state index contributed by atoms with van der Waals surface area (Å²) >= 11 is 3.39. The summed E-state index contributed by atoms with van der Waals surface area (Å²) in [6, 6.07) is 9.90. The predicted octanol–water partition coefficient (Wildman–Crippen LogP) is 3.61. The summed E-state index contributed by atoms with van der Waals surface area (Å²) in [4.78, 5) is 11.1. The maximum absolute atomic E-state index is 13.7. The van der Waals surface area contributed by atoms with Crippen LogP contribution in [0.5, 0.6) is 0 Å². The molecule has 104 valence electrons. The lowest BCUT2D eigenvalue weighted by molar-refractivity contribution is 0.1000. The van der Waals surface area contributed by atoms with Gasteiger partial charge in [-0.15, -0.1) is 0 Å². The highest BCUT2D eigenvalue weighted by Gasteiger charge is 2.07. The van der Waals surface area contributed by atoms with Crippen LogP contribution in [0.25, 0.3) is 0 Å². The van der Waals surface area contributed by atoms with Crippen LogP contribution in [0.15, 0.2) is 40.9 Å². The molecule has 2 aromatic carbocycles. The third-order valence-corrected chi connectivity index (χ3v) is 3.48. The number of rotatable bonds is 4. The first-order chi connectivity index (χ1) is 9.47. The van der Waals surface area contributed by atoms with Crippen molar-refractivity contribution in [3.63, 3.8) is 0 Å². The average Bonchev–Trinajstić information content (AvgIpc) is 2.39. The molecule has 0 unspecified atom stereocenters. The van der Waals surface area contributed by atoms with Crippen LogP contribution in [0.1, 0.15) is 21.5 Å². The molecule has 2 rings (SSSR count). The fourth-order valence-electron chi connectivity index (χ4n) is 1.88. The Bertz CT molecular complexity index is 658. The molecule has 0 heterocycles. The van der Waals surface area contributed by atoms with Crippen molar-refractivity contribution >= 4 is 27.5 Å². The van der Waals surface area contributed by atoms with Crippen LogP contribution in [0.2, 0.25) is 0 Å². The van der Waals surface area contributed by atoms with Gasteiger partial charge in [0.05, 0.1) is 0 Å². The van der Waals surface area contributed by atoms with Gasteiger partial charge in [0.2, 0.25) is 5.91 Å². The van der Waals surface area contributed by atoms with Crippen molar-refractivity contribution in [2.75, 3.05) is 5.32 Å². The fourth-order valence-corrected chi connectivity index (χ4v) is 2.35. The predicted molar refractivity (Wildman–Crippen MR) is 81.1 cm³/mol. The van der Waals surface area contributed by atoms with Crippen molar-refractivity contribution in [2.24, 2.45) is 5.73 Å². The second-order valence-electron chi connectivity index (χ2n) is 4.48. The average molecular weight is 337 g/mol. The van der Waals surface area contributed by atoms with Gasteiger partial charge in [0.1, 0.15) is 5.82 Å². The van der Waals surface area contributed by atoms with E-state index in [1.165, 1.54) is 18.2 Å². The number of primary amides is 1. The first-order valence-electron chi connectivity index (χ1n) is 6.05. The maximum Gasteiger partial charge on any atom is 0.248 e. The van der Waals surface area contributed by atoms with E-state index in [9.17, 15) is 9.18 Å². The molecule has 3 N–H and O–H groups in total. The number of carbonyl (C=O) groups excluding carboxylic acids is 1. The molecular formula is C15H14BrFN2O. The van der Waals surface area contributed by atoms with E-state index < -0.39 is 5.91 Å². The van der Waals surface area contributed by atoms with Crippen LogP contribution in [-0.2, 0) is 6.54 Å². The van der Waals surface area contributed by atoms with Crippen LogP contribution < -0.4 is 11.1 Å². The summed E-state index contributed by atoms with van der Waals surface area (Å²) in [6.45, 7) is 2.25. The number of anilines is 1. The number of amides is 1. The van der Waals surface area contributed by atoms with Crippen molar-refractivity contribution in [2.45, 2.75) is 13.5 Å². The minimum absolute atomic E-state index is 0.287. The Morgan fingerprint density at radius 3 is 2.70 bits per heavy atom. The molecule has 0 saturated carbocycles. The van der Waals surface area contributed by atoms with E-state index in [-0.39, 0.29) is 12.4 Å². The summed E-state index contributed by atoms with van der Waals surface area (Å²) in [5.41, 5.74) is 7.86. The third kappa shape index (κ3) is 3.36. The number of nitrogens with two attached hydrogens (primary N) is 1. The van der Waals surface area contributed by atoms with Crippen LogP contribution in [-0.4, -0.2) is 5.91 Å². The van der Waals surface area contributed by atoms with Crippen LogP contribution in [0, 0.1) is 12.7 Å². The van der Waals surface area contributed by atoms with Gasteiger partial charge in [-0.2, -0.15) is 0 Å². The molecular weight excluding hydrogens is 323 g/mol. The quantitative estimate of drug-likeness (QED) is 0.896. The second kappa shape index (κ2) is 6.05. The van der Waals surface area contributed by atoms with E-state index >= 15 is 0 Å². The number of aryl methyl sites for hydroxylation is 1. The molecule has 3 nitrogen and oxygen atoms in total. The monoisotopic (exact) mass is 336 g/mol. The van der Waals surface area contributed by atoms with Crippen molar-refractivity contribution in [1.82, 2.24) is 0 Å².